The molecule has 110 valence electrons. The molecule has 0 saturated heterocycles. The van der Waals surface area contributed by atoms with Crippen molar-refractivity contribution < 1.29 is 5.11 Å². The third-order valence-electron chi connectivity index (χ3n) is 3.63. The van der Waals surface area contributed by atoms with E-state index < -0.39 is 6.10 Å². The largest absolute Gasteiger partial charge is 0.380 e. The lowest BCUT2D eigenvalue weighted by molar-refractivity contribution is 0.217. The van der Waals surface area contributed by atoms with Crippen LogP contribution in [0.5, 0.6) is 0 Å². The van der Waals surface area contributed by atoms with E-state index in [1.165, 1.54) is 0 Å². The first-order chi connectivity index (χ1) is 10.1. The third-order valence-corrected chi connectivity index (χ3v) is 3.63. The predicted molar refractivity (Wildman–Crippen MR) is 86.3 cm³/mol. The Labute approximate surface area is 125 Å². The summed E-state index contributed by atoms with van der Waals surface area (Å²) in [6, 6.07) is 7.66. The van der Waals surface area contributed by atoms with Gasteiger partial charge in [0, 0.05) is 10.9 Å². The molecule has 1 unspecified atom stereocenters. The Bertz CT molecular complexity index is 734. The monoisotopic (exact) mass is 283 g/mol. The zero-order valence-electron chi connectivity index (χ0n) is 12.6. The van der Waals surface area contributed by atoms with Crippen molar-refractivity contribution in [2.75, 3.05) is 0 Å². The quantitative estimate of drug-likeness (QED) is 0.669. The summed E-state index contributed by atoms with van der Waals surface area (Å²) in [4.78, 5) is 14.9. The van der Waals surface area contributed by atoms with Crippen LogP contribution >= 0.6 is 0 Å². The lowest BCUT2D eigenvalue weighted by atomic mass is 10.0. The van der Waals surface area contributed by atoms with Crippen molar-refractivity contribution in [3.63, 3.8) is 0 Å². The number of aromatic amines is 1. The van der Waals surface area contributed by atoms with Crippen molar-refractivity contribution in [1.82, 2.24) is 4.98 Å². The van der Waals surface area contributed by atoms with Gasteiger partial charge in [0.25, 0.3) is 5.56 Å². The second-order valence-electron chi connectivity index (χ2n) is 5.28. The van der Waals surface area contributed by atoms with Gasteiger partial charge in [-0.05, 0) is 31.4 Å². The van der Waals surface area contributed by atoms with E-state index in [-0.39, 0.29) is 5.56 Å². The molecule has 2 aromatic rings. The summed E-state index contributed by atoms with van der Waals surface area (Å²) in [5.41, 5.74) is 1.93. The fourth-order valence-electron chi connectivity index (χ4n) is 2.37. The van der Waals surface area contributed by atoms with E-state index in [1.54, 1.807) is 0 Å². The topological polar surface area (TPSA) is 53.1 Å². The van der Waals surface area contributed by atoms with E-state index in [0.717, 1.165) is 35.7 Å². The van der Waals surface area contributed by atoms with Crippen molar-refractivity contribution in [3.05, 3.63) is 45.7 Å². The molecule has 1 aromatic carbocycles. The minimum Gasteiger partial charge on any atom is -0.380 e. The Balaban J connectivity index is 2.29. The number of hydrogen-bond donors (Lipinski definition) is 2. The van der Waals surface area contributed by atoms with Gasteiger partial charge in [-0.25, -0.2) is 0 Å². The number of hydrogen-bond acceptors (Lipinski definition) is 2. The van der Waals surface area contributed by atoms with Crippen molar-refractivity contribution in [2.24, 2.45) is 0 Å². The van der Waals surface area contributed by atoms with E-state index in [2.05, 4.69) is 23.7 Å². The van der Waals surface area contributed by atoms with Crippen LogP contribution in [0.25, 0.3) is 10.9 Å². The molecule has 3 nitrogen and oxygen atoms in total. The number of para-hydroxylation sites is 1. The summed E-state index contributed by atoms with van der Waals surface area (Å²) in [6.07, 6.45) is 3.16. The highest BCUT2D eigenvalue weighted by Crippen LogP contribution is 2.16. The van der Waals surface area contributed by atoms with Crippen LogP contribution in [-0.2, 0) is 0 Å². The molecule has 3 heteroatoms. The van der Waals surface area contributed by atoms with Crippen LogP contribution < -0.4 is 5.56 Å². The number of fused-ring (bicyclic) bond motifs is 1. The van der Waals surface area contributed by atoms with E-state index in [0.29, 0.717) is 12.0 Å². The van der Waals surface area contributed by atoms with Crippen molar-refractivity contribution in [3.8, 4) is 11.8 Å². The average Bonchev–Trinajstić information content (AvgIpc) is 2.47. The first-order valence-corrected chi connectivity index (χ1v) is 7.44. The van der Waals surface area contributed by atoms with Crippen molar-refractivity contribution in [2.45, 2.75) is 45.6 Å². The number of aliphatic hydroxyl groups is 1. The fourth-order valence-corrected chi connectivity index (χ4v) is 2.37. The van der Waals surface area contributed by atoms with Gasteiger partial charge in [-0.2, -0.15) is 0 Å². The van der Waals surface area contributed by atoms with Crippen LogP contribution in [-0.4, -0.2) is 16.2 Å². The number of aromatic nitrogens is 1. The van der Waals surface area contributed by atoms with Crippen molar-refractivity contribution >= 4 is 10.9 Å². The SMILES string of the molecule is CCCCCC(O)C#Cc1c(C)c2ccccc2[nH]c1=O. The molecule has 1 atom stereocenters. The number of benzene rings is 1. The van der Waals surface area contributed by atoms with E-state index >= 15 is 0 Å². The molecule has 0 bridgehead atoms. The molecular weight excluding hydrogens is 262 g/mol. The van der Waals surface area contributed by atoms with Crippen LogP contribution in [0.2, 0.25) is 0 Å². The lowest BCUT2D eigenvalue weighted by Crippen LogP contribution is -2.13. The predicted octanol–water partition coefficient (Wildman–Crippen LogP) is 3.13. The number of rotatable bonds is 4. The summed E-state index contributed by atoms with van der Waals surface area (Å²) in [7, 11) is 0. The number of aliphatic hydroxyl groups excluding tert-OH is 1. The van der Waals surface area contributed by atoms with E-state index in [4.69, 9.17) is 0 Å². The minimum atomic E-state index is -0.665. The minimum absolute atomic E-state index is 0.195. The summed E-state index contributed by atoms with van der Waals surface area (Å²) in [6.45, 7) is 4.01. The summed E-state index contributed by atoms with van der Waals surface area (Å²) in [5.74, 6) is 5.65. The molecular formula is C18H21NO2. The maximum Gasteiger partial charge on any atom is 0.264 e. The lowest BCUT2D eigenvalue weighted by Gasteiger charge is -2.04. The highest BCUT2D eigenvalue weighted by molar-refractivity contribution is 5.83. The molecule has 0 saturated carbocycles. The van der Waals surface area contributed by atoms with Crippen LogP contribution in [0.1, 0.15) is 43.7 Å². The Kier molecular flexibility index (Phi) is 5.19. The van der Waals surface area contributed by atoms with Gasteiger partial charge in [-0.1, -0.05) is 49.8 Å². The molecule has 0 amide bonds. The molecule has 1 aromatic heterocycles. The van der Waals surface area contributed by atoms with Gasteiger partial charge in [0.15, 0.2) is 0 Å². The molecule has 0 radical (unpaired) electrons. The highest BCUT2D eigenvalue weighted by Gasteiger charge is 2.07. The molecule has 2 rings (SSSR count). The molecule has 0 spiro atoms. The number of pyridine rings is 1. The highest BCUT2D eigenvalue weighted by atomic mass is 16.3. The van der Waals surface area contributed by atoms with Gasteiger partial charge in [-0.3, -0.25) is 4.79 Å². The fraction of sp³-hybridized carbons (Fsp3) is 0.389. The smallest absolute Gasteiger partial charge is 0.264 e. The number of aryl methyl sites for hydroxylation is 1. The standard InChI is InChI=1S/C18H21NO2/c1-3-4-5-8-14(20)11-12-16-13(2)15-9-6-7-10-17(15)19-18(16)21/h6-7,9-10,14,20H,3-5,8H2,1-2H3,(H,19,21). The summed E-state index contributed by atoms with van der Waals surface area (Å²) >= 11 is 0. The first kappa shape index (κ1) is 15.3. The molecule has 21 heavy (non-hydrogen) atoms. The zero-order valence-corrected chi connectivity index (χ0v) is 12.6. The number of unbranched alkanes of at least 4 members (excludes halogenated alkanes) is 2. The van der Waals surface area contributed by atoms with Gasteiger partial charge in [-0.15, -0.1) is 0 Å². The molecule has 0 aliphatic heterocycles. The van der Waals surface area contributed by atoms with Crippen LogP contribution in [0, 0.1) is 18.8 Å². The third kappa shape index (κ3) is 3.74. The van der Waals surface area contributed by atoms with Crippen LogP contribution in [0.3, 0.4) is 0 Å². The number of H-pyrrole nitrogens is 1. The van der Waals surface area contributed by atoms with Gasteiger partial charge < -0.3 is 10.1 Å². The molecule has 0 aliphatic carbocycles. The molecule has 0 aliphatic rings. The Hall–Kier alpha value is -2.05. The van der Waals surface area contributed by atoms with Crippen LogP contribution in [0.15, 0.2) is 29.1 Å². The Morgan fingerprint density at radius 2 is 2.05 bits per heavy atom. The molecule has 0 fully saturated rings. The normalized spacial score (nSPS) is 12.0. The summed E-state index contributed by atoms with van der Waals surface area (Å²) < 4.78 is 0. The van der Waals surface area contributed by atoms with Gasteiger partial charge in [0.05, 0.1) is 5.56 Å². The number of nitrogens with one attached hydrogen (secondary N) is 1. The second-order valence-corrected chi connectivity index (χ2v) is 5.28. The van der Waals surface area contributed by atoms with Gasteiger partial charge in [0.2, 0.25) is 0 Å². The van der Waals surface area contributed by atoms with Crippen molar-refractivity contribution in [1.29, 1.82) is 0 Å². The average molecular weight is 283 g/mol. The van der Waals surface area contributed by atoms with Crippen LogP contribution in [0.4, 0.5) is 0 Å². The maximum atomic E-state index is 12.1. The Morgan fingerprint density at radius 3 is 2.81 bits per heavy atom. The van der Waals surface area contributed by atoms with E-state index in [9.17, 15) is 9.90 Å². The second kappa shape index (κ2) is 7.10. The molecule has 1 heterocycles. The Morgan fingerprint density at radius 1 is 1.29 bits per heavy atom. The summed E-state index contributed by atoms with van der Waals surface area (Å²) in [5, 5.41) is 10.8. The van der Waals surface area contributed by atoms with Gasteiger partial charge >= 0.3 is 0 Å². The van der Waals surface area contributed by atoms with E-state index in [1.807, 2.05) is 31.2 Å². The zero-order chi connectivity index (χ0) is 15.2. The molecule has 2 N–H and O–H groups in total. The first-order valence-electron chi connectivity index (χ1n) is 7.44. The maximum absolute atomic E-state index is 12.1. The van der Waals surface area contributed by atoms with Gasteiger partial charge in [0.1, 0.15) is 6.10 Å².